The second-order valence-corrected chi connectivity index (χ2v) is 10.8. The molecule has 0 bridgehead atoms. The summed E-state index contributed by atoms with van der Waals surface area (Å²) in [5.41, 5.74) is 1.07. The summed E-state index contributed by atoms with van der Waals surface area (Å²) in [6, 6.07) is 10.7. The smallest absolute Gasteiger partial charge is 0.248 e. The molecular formula is C28H40F2N4O. The van der Waals surface area contributed by atoms with Crippen LogP contribution in [0.5, 0.6) is 0 Å². The number of nitrogens with one attached hydrogen (secondary N) is 1. The number of benzene rings is 1. The molecular weight excluding hydrogens is 446 g/mol. The van der Waals surface area contributed by atoms with Crippen molar-refractivity contribution in [3.8, 4) is 0 Å². The largest absolute Gasteiger partial charge is 0.349 e. The maximum absolute atomic E-state index is 13.6. The number of halogens is 2. The first kappa shape index (κ1) is 25.8. The van der Waals surface area contributed by atoms with Crippen molar-refractivity contribution in [2.24, 2.45) is 5.92 Å². The van der Waals surface area contributed by atoms with E-state index in [4.69, 9.17) is 0 Å². The molecule has 2 aromatic rings. The van der Waals surface area contributed by atoms with Crippen LogP contribution in [-0.4, -0.2) is 45.4 Å². The van der Waals surface area contributed by atoms with E-state index < -0.39 is 5.92 Å². The van der Waals surface area contributed by atoms with Gasteiger partial charge in [0.25, 0.3) is 0 Å². The Labute approximate surface area is 208 Å². The van der Waals surface area contributed by atoms with Gasteiger partial charge >= 0.3 is 0 Å². The molecule has 5 nitrogen and oxygen atoms in total. The summed E-state index contributed by atoms with van der Waals surface area (Å²) in [6.45, 7) is 8.63. The summed E-state index contributed by atoms with van der Waals surface area (Å²) >= 11 is 0. The van der Waals surface area contributed by atoms with E-state index >= 15 is 0 Å². The van der Waals surface area contributed by atoms with Gasteiger partial charge in [0.2, 0.25) is 11.8 Å². The Bertz CT molecular complexity index is 943. The van der Waals surface area contributed by atoms with Crippen LogP contribution in [0.15, 0.2) is 42.7 Å². The monoisotopic (exact) mass is 486 g/mol. The molecule has 4 rings (SSSR count). The second kappa shape index (κ2) is 11.2. The van der Waals surface area contributed by atoms with Crippen LogP contribution in [0, 0.1) is 5.92 Å². The van der Waals surface area contributed by atoms with Gasteiger partial charge in [0.05, 0.1) is 6.04 Å². The number of likely N-dealkylation sites (tertiary alicyclic amines) is 1. The summed E-state index contributed by atoms with van der Waals surface area (Å²) < 4.78 is 29.5. The lowest BCUT2D eigenvalue weighted by molar-refractivity contribution is -0.130. The fraction of sp³-hybridized carbons (Fsp3) is 0.643. The zero-order valence-electron chi connectivity index (χ0n) is 21.3. The zero-order chi connectivity index (χ0) is 25.0. The van der Waals surface area contributed by atoms with Crippen LogP contribution < -0.4 is 5.32 Å². The average Bonchev–Trinajstić information content (AvgIpc) is 3.34. The van der Waals surface area contributed by atoms with Crippen LogP contribution in [0.25, 0.3) is 0 Å². The van der Waals surface area contributed by atoms with E-state index in [2.05, 4.69) is 46.7 Å². The quantitative estimate of drug-likeness (QED) is 0.490. The molecule has 0 spiro atoms. The molecule has 7 heteroatoms. The molecule has 1 saturated carbocycles. The number of hydrogen-bond donors (Lipinski definition) is 1. The number of rotatable bonds is 8. The van der Waals surface area contributed by atoms with E-state index in [-0.39, 0.29) is 43.6 Å². The number of hydrogen-bond acceptors (Lipinski definition) is 3. The predicted molar refractivity (Wildman–Crippen MR) is 134 cm³/mol. The molecule has 2 fully saturated rings. The van der Waals surface area contributed by atoms with Gasteiger partial charge < -0.3 is 14.8 Å². The van der Waals surface area contributed by atoms with Crippen molar-refractivity contribution in [2.45, 2.75) is 95.7 Å². The van der Waals surface area contributed by atoms with Gasteiger partial charge in [-0.25, -0.2) is 13.8 Å². The Morgan fingerprint density at radius 2 is 1.74 bits per heavy atom. The minimum absolute atomic E-state index is 0.0819. The van der Waals surface area contributed by atoms with Crippen molar-refractivity contribution >= 4 is 5.91 Å². The van der Waals surface area contributed by atoms with E-state index in [0.29, 0.717) is 18.0 Å². The topological polar surface area (TPSA) is 50.2 Å². The molecule has 2 atom stereocenters. The molecule has 2 aliphatic rings. The van der Waals surface area contributed by atoms with Crippen molar-refractivity contribution in [3.05, 3.63) is 54.1 Å². The molecule has 0 radical (unpaired) electrons. The normalized spacial score (nSPS) is 21.7. The molecule has 1 aromatic carbocycles. The molecule has 1 saturated heterocycles. The van der Waals surface area contributed by atoms with E-state index in [9.17, 15) is 13.6 Å². The Morgan fingerprint density at radius 3 is 2.37 bits per heavy atom. The summed E-state index contributed by atoms with van der Waals surface area (Å²) in [5.74, 6) is -1.46. The fourth-order valence-corrected chi connectivity index (χ4v) is 5.73. The Morgan fingerprint density at radius 1 is 1.09 bits per heavy atom. The summed E-state index contributed by atoms with van der Waals surface area (Å²) in [7, 11) is 0. The number of carbonyl (C=O) groups excluding carboxylic acids is 1. The highest BCUT2D eigenvalue weighted by Gasteiger charge is 2.38. The molecule has 1 aliphatic carbocycles. The van der Waals surface area contributed by atoms with Crippen molar-refractivity contribution in [3.63, 3.8) is 0 Å². The van der Waals surface area contributed by atoms with Crippen LogP contribution in [0.4, 0.5) is 8.78 Å². The lowest BCUT2D eigenvalue weighted by Crippen LogP contribution is -2.44. The van der Waals surface area contributed by atoms with Gasteiger partial charge in [-0.3, -0.25) is 4.79 Å². The van der Waals surface area contributed by atoms with Crippen LogP contribution in [0.3, 0.4) is 0 Å². The maximum atomic E-state index is 13.6. The number of alkyl halides is 2. The average molecular weight is 487 g/mol. The molecule has 1 N–H and O–H groups in total. The Hall–Kier alpha value is -2.28. The Kier molecular flexibility index (Phi) is 8.25. The van der Waals surface area contributed by atoms with Crippen LogP contribution in [0.1, 0.15) is 95.1 Å². The maximum Gasteiger partial charge on any atom is 0.248 e. The molecule has 1 unspecified atom stereocenters. The first-order valence-corrected chi connectivity index (χ1v) is 13.2. The lowest BCUT2D eigenvalue weighted by atomic mass is 9.85. The van der Waals surface area contributed by atoms with Gasteiger partial charge in [0.15, 0.2) is 0 Å². The molecule has 2 heterocycles. The minimum Gasteiger partial charge on any atom is -0.349 e. The highest BCUT2D eigenvalue weighted by atomic mass is 19.3. The van der Waals surface area contributed by atoms with E-state index in [1.165, 1.54) is 0 Å². The first-order chi connectivity index (χ1) is 16.7. The molecule has 35 heavy (non-hydrogen) atoms. The third-order valence-corrected chi connectivity index (χ3v) is 7.91. The highest BCUT2D eigenvalue weighted by molar-refractivity contribution is 5.79. The predicted octanol–water partition coefficient (Wildman–Crippen LogP) is 6.11. The van der Waals surface area contributed by atoms with E-state index in [1.54, 1.807) is 0 Å². The molecule has 1 aromatic heterocycles. The van der Waals surface area contributed by atoms with E-state index in [1.807, 2.05) is 36.5 Å². The van der Waals surface area contributed by atoms with Gasteiger partial charge in [-0.15, -0.1) is 0 Å². The molecule has 192 valence electrons. The van der Waals surface area contributed by atoms with Crippen LogP contribution >= 0.6 is 0 Å². The fourth-order valence-electron chi connectivity index (χ4n) is 5.73. The lowest BCUT2D eigenvalue weighted by Gasteiger charge is -2.38. The Balaban J connectivity index is 1.37. The molecule has 1 amide bonds. The van der Waals surface area contributed by atoms with Gasteiger partial charge in [-0.1, -0.05) is 44.2 Å². The van der Waals surface area contributed by atoms with Gasteiger partial charge in [-0.2, -0.15) is 0 Å². The SMILES string of the molecule is CC(C)c1nccn1C1CCN(C(C)C[C@H](NC(=O)C2CCC(F)(F)CC2)c2ccccc2)CC1. The first-order valence-electron chi connectivity index (χ1n) is 13.2. The van der Waals surface area contributed by atoms with Crippen molar-refractivity contribution in [1.29, 1.82) is 0 Å². The number of amides is 1. The summed E-state index contributed by atoms with van der Waals surface area (Å²) in [5, 5.41) is 3.23. The van der Waals surface area contributed by atoms with Crippen molar-refractivity contribution < 1.29 is 13.6 Å². The third-order valence-electron chi connectivity index (χ3n) is 7.91. The number of aromatic nitrogens is 2. The summed E-state index contributed by atoms with van der Waals surface area (Å²) in [4.78, 5) is 20.1. The second-order valence-electron chi connectivity index (χ2n) is 10.8. The standard InChI is InChI=1S/C28H40F2N4O/c1-20(2)26-31-15-18-34(26)24-11-16-33(17-12-24)21(3)19-25(22-7-5-4-6-8-22)32-27(35)23-9-13-28(29,30)14-10-23/h4-8,15,18,20-21,23-25H,9-14,16-17,19H2,1-3H3,(H,32,35)/t21?,25-/m0/s1. The van der Waals surface area contributed by atoms with Gasteiger partial charge in [0, 0.05) is 62.2 Å². The van der Waals surface area contributed by atoms with Gasteiger partial charge in [-0.05, 0) is 44.6 Å². The number of nitrogens with zero attached hydrogens (tertiary/aromatic N) is 3. The van der Waals surface area contributed by atoms with Crippen molar-refractivity contribution in [2.75, 3.05) is 13.1 Å². The number of imidazole rings is 1. The highest BCUT2D eigenvalue weighted by Crippen LogP contribution is 2.37. The van der Waals surface area contributed by atoms with Crippen LogP contribution in [0.2, 0.25) is 0 Å². The van der Waals surface area contributed by atoms with Gasteiger partial charge in [0.1, 0.15) is 5.82 Å². The van der Waals surface area contributed by atoms with E-state index in [0.717, 1.165) is 43.7 Å². The minimum atomic E-state index is -2.62. The van der Waals surface area contributed by atoms with Crippen molar-refractivity contribution in [1.82, 2.24) is 19.8 Å². The zero-order valence-corrected chi connectivity index (χ0v) is 21.3. The van der Waals surface area contributed by atoms with Crippen LogP contribution in [-0.2, 0) is 4.79 Å². The number of piperidine rings is 1. The third kappa shape index (κ3) is 6.49. The summed E-state index contributed by atoms with van der Waals surface area (Å²) in [6.07, 6.45) is 7.12. The molecule has 1 aliphatic heterocycles. The number of carbonyl (C=O) groups is 1.